The zero-order valence-electron chi connectivity index (χ0n) is 20.8. The molecule has 0 atom stereocenters. The van der Waals surface area contributed by atoms with Crippen LogP contribution in [-0.2, 0) is 6.18 Å². The van der Waals surface area contributed by atoms with E-state index in [0.29, 0.717) is 25.8 Å². The second-order valence-electron chi connectivity index (χ2n) is 9.37. The van der Waals surface area contributed by atoms with Crippen LogP contribution < -0.4 is 5.32 Å². The summed E-state index contributed by atoms with van der Waals surface area (Å²) in [6.45, 7) is 0.916. The van der Waals surface area contributed by atoms with E-state index in [1.54, 1.807) is 4.90 Å². The smallest absolute Gasteiger partial charge is 0.416 e. The molecule has 0 bridgehead atoms. The normalized spacial score (nSPS) is 14.4. The largest absolute Gasteiger partial charge is 0.465 e. The maximum Gasteiger partial charge on any atom is 0.416 e. The molecule has 3 aromatic rings. The average Bonchev–Trinajstić information content (AvgIpc) is 2.92. The van der Waals surface area contributed by atoms with Crippen LogP contribution in [0, 0.1) is 0 Å². The molecule has 1 aliphatic heterocycles. The number of carboxylic acid groups (broad SMARTS) is 1. The van der Waals surface area contributed by atoms with E-state index in [9.17, 15) is 27.9 Å². The zero-order valence-corrected chi connectivity index (χ0v) is 20.8. The molecule has 1 aliphatic rings. The first-order chi connectivity index (χ1) is 18.2. The SMILES string of the molecule is O=C(O)N1CCC(N(CCC(c2ccccc2)c2ccccc2)C(=O)Nc2cccc(C(F)(F)F)c2)CC1. The van der Waals surface area contributed by atoms with Crippen molar-refractivity contribution in [1.82, 2.24) is 9.80 Å². The molecule has 0 unspecified atom stereocenters. The Morgan fingerprint density at radius 2 is 1.50 bits per heavy atom. The summed E-state index contributed by atoms with van der Waals surface area (Å²) in [4.78, 5) is 27.8. The van der Waals surface area contributed by atoms with Gasteiger partial charge in [0.15, 0.2) is 0 Å². The Morgan fingerprint density at radius 3 is 2.03 bits per heavy atom. The van der Waals surface area contributed by atoms with Crippen LogP contribution in [0.25, 0.3) is 0 Å². The summed E-state index contributed by atoms with van der Waals surface area (Å²) < 4.78 is 39.6. The number of hydrogen-bond donors (Lipinski definition) is 2. The predicted molar refractivity (Wildman–Crippen MR) is 139 cm³/mol. The molecule has 3 amide bonds. The van der Waals surface area contributed by atoms with E-state index in [1.807, 2.05) is 60.7 Å². The van der Waals surface area contributed by atoms with Gasteiger partial charge in [0.1, 0.15) is 0 Å². The summed E-state index contributed by atoms with van der Waals surface area (Å²) >= 11 is 0. The summed E-state index contributed by atoms with van der Waals surface area (Å²) in [5, 5.41) is 12.0. The highest BCUT2D eigenvalue weighted by Gasteiger charge is 2.32. The van der Waals surface area contributed by atoms with Crippen LogP contribution in [0.4, 0.5) is 28.4 Å². The number of nitrogens with zero attached hydrogens (tertiary/aromatic N) is 2. The standard InChI is InChI=1S/C29H30F3N3O3/c30-29(31,32)23-12-7-13-24(20-23)33-27(36)35(25-14-17-34(18-15-25)28(37)38)19-16-26(21-8-3-1-4-9-21)22-10-5-2-6-11-22/h1-13,20,25-26H,14-19H2,(H,33,36)(H,37,38). The third kappa shape index (κ3) is 6.85. The number of likely N-dealkylation sites (tertiary alicyclic amines) is 1. The Hall–Kier alpha value is -4.01. The van der Waals surface area contributed by atoms with Gasteiger partial charge in [0.25, 0.3) is 0 Å². The highest BCUT2D eigenvalue weighted by molar-refractivity contribution is 5.89. The minimum atomic E-state index is -4.53. The minimum absolute atomic E-state index is 0.000339. The third-order valence-corrected chi connectivity index (χ3v) is 6.94. The molecule has 3 aromatic carbocycles. The van der Waals surface area contributed by atoms with Gasteiger partial charge in [0.2, 0.25) is 0 Å². The van der Waals surface area contributed by atoms with Gasteiger partial charge in [-0.25, -0.2) is 9.59 Å². The van der Waals surface area contributed by atoms with Crippen LogP contribution in [0.2, 0.25) is 0 Å². The molecule has 1 fully saturated rings. The van der Waals surface area contributed by atoms with E-state index < -0.39 is 23.9 Å². The molecular formula is C29H30F3N3O3. The predicted octanol–water partition coefficient (Wildman–Crippen LogP) is 6.90. The second-order valence-corrected chi connectivity index (χ2v) is 9.37. The van der Waals surface area contributed by atoms with E-state index in [4.69, 9.17) is 0 Å². The third-order valence-electron chi connectivity index (χ3n) is 6.94. The van der Waals surface area contributed by atoms with Crippen LogP contribution >= 0.6 is 0 Å². The fourth-order valence-corrected chi connectivity index (χ4v) is 4.95. The Morgan fingerprint density at radius 1 is 0.921 bits per heavy atom. The van der Waals surface area contributed by atoms with Gasteiger partial charge >= 0.3 is 18.3 Å². The summed E-state index contributed by atoms with van der Waals surface area (Å²) in [7, 11) is 0. The van der Waals surface area contributed by atoms with Gasteiger partial charge in [0, 0.05) is 37.3 Å². The van der Waals surface area contributed by atoms with Crippen molar-refractivity contribution >= 4 is 17.8 Å². The maximum atomic E-state index is 13.5. The van der Waals surface area contributed by atoms with Crippen molar-refractivity contribution in [3.8, 4) is 0 Å². The molecule has 0 radical (unpaired) electrons. The molecule has 0 aromatic heterocycles. The first-order valence-corrected chi connectivity index (χ1v) is 12.5. The number of hydrogen-bond acceptors (Lipinski definition) is 2. The molecule has 9 heteroatoms. The molecule has 4 rings (SSSR count). The Bertz CT molecular complexity index is 1170. The molecule has 2 N–H and O–H groups in total. The number of carbonyl (C=O) groups is 2. The lowest BCUT2D eigenvalue weighted by atomic mass is 9.88. The van der Waals surface area contributed by atoms with Crippen LogP contribution in [0.3, 0.4) is 0 Å². The van der Waals surface area contributed by atoms with Crippen LogP contribution in [0.15, 0.2) is 84.9 Å². The van der Waals surface area contributed by atoms with E-state index >= 15 is 0 Å². The molecule has 0 aliphatic carbocycles. The molecule has 6 nitrogen and oxygen atoms in total. The van der Waals surface area contributed by atoms with Gasteiger partial charge in [0.05, 0.1) is 5.56 Å². The first kappa shape index (κ1) is 27.0. The van der Waals surface area contributed by atoms with E-state index in [1.165, 1.54) is 17.0 Å². The molecule has 0 saturated carbocycles. The molecule has 1 saturated heterocycles. The number of nitrogens with one attached hydrogen (secondary N) is 1. The fourth-order valence-electron chi connectivity index (χ4n) is 4.95. The topological polar surface area (TPSA) is 72.9 Å². The van der Waals surface area contributed by atoms with Crippen LogP contribution in [0.1, 0.15) is 41.9 Å². The van der Waals surface area contributed by atoms with Crippen molar-refractivity contribution in [2.75, 3.05) is 25.0 Å². The number of anilines is 1. The monoisotopic (exact) mass is 525 g/mol. The number of rotatable bonds is 7. The van der Waals surface area contributed by atoms with Crippen LogP contribution in [0.5, 0.6) is 0 Å². The lowest BCUT2D eigenvalue weighted by Gasteiger charge is -2.38. The van der Waals surface area contributed by atoms with Crippen molar-refractivity contribution in [3.05, 3.63) is 102 Å². The van der Waals surface area contributed by atoms with Gasteiger partial charge in [-0.1, -0.05) is 66.7 Å². The van der Waals surface area contributed by atoms with E-state index in [0.717, 1.165) is 23.3 Å². The molecular weight excluding hydrogens is 495 g/mol. The number of carbonyl (C=O) groups excluding carboxylic acids is 1. The van der Waals surface area contributed by atoms with Crippen molar-refractivity contribution < 1.29 is 27.9 Å². The lowest BCUT2D eigenvalue weighted by molar-refractivity contribution is -0.137. The van der Waals surface area contributed by atoms with Crippen molar-refractivity contribution in [2.24, 2.45) is 0 Å². The second kappa shape index (κ2) is 12.0. The van der Waals surface area contributed by atoms with Crippen LogP contribution in [-0.4, -0.2) is 52.7 Å². The molecule has 38 heavy (non-hydrogen) atoms. The Labute approximate surface area is 219 Å². The van der Waals surface area contributed by atoms with Gasteiger partial charge in [-0.15, -0.1) is 0 Å². The van der Waals surface area contributed by atoms with Gasteiger partial charge in [-0.2, -0.15) is 13.2 Å². The zero-order chi connectivity index (χ0) is 27.1. The number of halogens is 3. The quantitative estimate of drug-likeness (QED) is 0.352. The van der Waals surface area contributed by atoms with Crippen molar-refractivity contribution in [1.29, 1.82) is 0 Å². The molecule has 1 heterocycles. The summed E-state index contributed by atoms with van der Waals surface area (Å²) in [6.07, 6.45) is -4.05. The number of urea groups is 1. The Kier molecular flexibility index (Phi) is 8.55. The van der Waals surface area contributed by atoms with E-state index in [2.05, 4.69) is 5.32 Å². The number of alkyl halides is 3. The number of benzene rings is 3. The lowest BCUT2D eigenvalue weighted by Crippen LogP contribution is -2.50. The van der Waals surface area contributed by atoms with Gasteiger partial charge in [-0.05, 0) is 48.6 Å². The Balaban J connectivity index is 1.56. The van der Waals surface area contributed by atoms with Gasteiger partial charge < -0.3 is 20.2 Å². The maximum absolute atomic E-state index is 13.5. The van der Waals surface area contributed by atoms with Crippen molar-refractivity contribution in [3.63, 3.8) is 0 Å². The molecule has 0 spiro atoms. The van der Waals surface area contributed by atoms with Gasteiger partial charge in [-0.3, -0.25) is 0 Å². The highest BCUT2D eigenvalue weighted by Crippen LogP contribution is 2.32. The fraction of sp³-hybridized carbons (Fsp3) is 0.310. The first-order valence-electron chi connectivity index (χ1n) is 12.5. The number of piperidine rings is 1. The molecule has 200 valence electrons. The summed E-state index contributed by atoms with van der Waals surface area (Å²) in [5.74, 6) is 0.000339. The highest BCUT2D eigenvalue weighted by atomic mass is 19.4. The average molecular weight is 526 g/mol. The number of amides is 3. The summed E-state index contributed by atoms with van der Waals surface area (Å²) in [5.41, 5.74) is 1.40. The summed E-state index contributed by atoms with van der Waals surface area (Å²) in [6, 6.07) is 23.7. The van der Waals surface area contributed by atoms with E-state index in [-0.39, 0.29) is 30.7 Å². The van der Waals surface area contributed by atoms with Crippen molar-refractivity contribution in [2.45, 2.75) is 37.4 Å². The minimum Gasteiger partial charge on any atom is -0.465 e.